The van der Waals surface area contributed by atoms with Gasteiger partial charge in [-0.05, 0) is 18.4 Å². The van der Waals surface area contributed by atoms with E-state index in [0.29, 0.717) is 11.7 Å². The molecule has 0 amide bonds. The molecule has 0 aliphatic carbocycles. The minimum atomic E-state index is -0.270. The molecule has 3 rings (SSSR count). The molecule has 102 valence electrons. The van der Waals surface area contributed by atoms with Gasteiger partial charge in [0.15, 0.2) is 6.61 Å². The second-order valence-corrected chi connectivity index (χ2v) is 4.60. The molecule has 0 aliphatic heterocycles. The topological polar surface area (TPSA) is 74.2 Å². The molecule has 0 spiro atoms. The molecule has 0 saturated heterocycles. The number of aromatic nitrogens is 2. The molecule has 0 radical (unpaired) electrons. The molecule has 2 aromatic carbocycles. The van der Waals surface area contributed by atoms with E-state index in [4.69, 9.17) is 15.0 Å². The van der Waals surface area contributed by atoms with Gasteiger partial charge in [-0.15, -0.1) is 0 Å². The summed E-state index contributed by atoms with van der Waals surface area (Å²) in [5.41, 5.74) is 5.67. The van der Waals surface area contributed by atoms with E-state index in [1.807, 2.05) is 42.5 Å². The van der Waals surface area contributed by atoms with Crippen molar-refractivity contribution in [2.24, 2.45) is 5.73 Å². The zero-order chi connectivity index (χ0) is 13.9. The van der Waals surface area contributed by atoms with Crippen LogP contribution in [0.1, 0.15) is 24.7 Å². The number of rotatable bonds is 4. The van der Waals surface area contributed by atoms with E-state index in [1.165, 1.54) is 0 Å². The highest BCUT2D eigenvalue weighted by atomic mass is 16.5. The third kappa shape index (κ3) is 2.48. The fourth-order valence-corrected chi connectivity index (χ4v) is 1.97. The molecule has 5 heteroatoms. The third-order valence-electron chi connectivity index (χ3n) is 2.98. The molecule has 0 fully saturated rings. The minimum absolute atomic E-state index is 0.254. The van der Waals surface area contributed by atoms with Gasteiger partial charge >= 0.3 is 0 Å². The Bertz CT molecular complexity index is 716. The summed E-state index contributed by atoms with van der Waals surface area (Å²) in [5.74, 6) is 1.71. The number of nitrogens with zero attached hydrogens (tertiary/aromatic N) is 2. The molecule has 5 nitrogen and oxygen atoms in total. The van der Waals surface area contributed by atoms with Crippen LogP contribution in [0.4, 0.5) is 0 Å². The van der Waals surface area contributed by atoms with Crippen molar-refractivity contribution < 1.29 is 9.26 Å². The lowest BCUT2D eigenvalue weighted by molar-refractivity contribution is 0.287. The normalized spacial score (nSPS) is 12.5. The summed E-state index contributed by atoms with van der Waals surface area (Å²) in [4.78, 5) is 4.18. The van der Waals surface area contributed by atoms with Crippen molar-refractivity contribution in [3.63, 3.8) is 0 Å². The summed E-state index contributed by atoms with van der Waals surface area (Å²) in [6, 6.07) is 13.7. The summed E-state index contributed by atoms with van der Waals surface area (Å²) in [6.07, 6.45) is 0. The molecule has 0 aliphatic rings. The lowest BCUT2D eigenvalue weighted by Crippen LogP contribution is -2.05. The Morgan fingerprint density at radius 1 is 1.20 bits per heavy atom. The first-order chi connectivity index (χ1) is 9.74. The Kier molecular flexibility index (Phi) is 3.35. The second kappa shape index (κ2) is 5.30. The van der Waals surface area contributed by atoms with Crippen molar-refractivity contribution in [3.8, 4) is 5.75 Å². The zero-order valence-electron chi connectivity index (χ0n) is 11.1. The number of fused-ring (bicyclic) bond motifs is 1. The molecule has 1 unspecified atom stereocenters. The quantitative estimate of drug-likeness (QED) is 0.788. The lowest BCUT2D eigenvalue weighted by atomic mass is 10.1. The number of ether oxygens (including phenoxy) is 1. The van der Waals surface area contributed by atoms with Crippen molar-refractivity contribution >= 4 is 10.8 Å². The van der Waals surface area contributed by atoms with E-state index in [0.717, 1.165) is 16.5 Å². The smallest absolute Gasteiger partial charge is 0.243 e. The van der Waals surface area contributed by atoms with Crippen molar-refractivity contribution in [3.05, 3.63) is 54.2 Å². The van der Waals surface area contributed by atoms with Crippen LogP contribution in [0.15, 0.2) is 47.0 Å². The van der Waals surface area contributed by atoms with E-state index in [-0.39, 0.29) is 12.6 Å². The van der Waals surface area contributed by atoms with Crippen LogP contribution in [0.5, 0.6) is 5.75 Å². The van der Waals surface area contributed by atoms with Crippen molar-refractivity contribution in [1.29, 1.82) is 0 Å². The Morgan fingerprint density at radius 2 is 2.00 bits per heavy atom. The second-order valence-electron chi connectivity index (χ2n) is 4.60. The van der Waals surface area contributed by atoms with Crippen LogP contribution >= 0.6 is 0 Å². The van der Waals surface area contributed by atoms with Gasteiger partial charge in [-0.1, -0.05) is 41.6 Å². The predicted molar refractivity (Wildman–Crippen MR) is 75.2 cm³/mol. The summed E-state index contributed by atoms with van der Waals surface area (Å²) in [6.45, 7) is 2.05. The SMILES string of the molecule is CC(N)c1nc(COc2cccc3ccccc23)no1. The molecule has 1 atom stereocenters. The molecule has 2 N–H and O–H groups in total. The standard InChI is InChI=1S/C15H15N3O2/c1-10(16)15-17-14(18-20-15)9-19-13-8-4-6-11-5-2-3-7-12(11)13/h2-8,10H,9,16H2,1H3. The predicted octanol–water partition coefficient (Wildman–Crippen LogP) is 2.82. The number of benzene rings is 2. The zero-order valence-corrected chi connectivity index (χ0v) is 11.1. The largest absolute Gasteiger partial charge is 0.485 e. The van der Waals surface area contributed by atoms with E-state index in [9.17, 15) is 0 Å². The summed E-state index contributed by atoms with van der Waals surface area (Å²) in [7, 11) is 0. The number of nitrogens with two attached hydrogens (primary N) is 1. The first kappa shape index (κ1) is 12.6. The highest BCUT2D eigenvalue weighted by Gasteiger charge is 2.11. The van der Waals surface area contributed by atoms with Gasteiger partial charge < -0.3 is 15.0 Å². The van der Waals surface area contributed by atoms with Crippen LogP contribution in [0.2, 0.25) is 0 Å². The van der Waals surface area contributed by atoms with Gasteiger partial charge in [-0.25, -0.2) is 0 Å². The first-order valence-electron chi connectivity index (χ1n) is 6.42. The minimum Gasteiger partial charge on any atom is -0.485 e. The molecular formula is C15H15N3O2. The molecule has 3 aromatic rings. The van der Waals surface area contributed by atoms with E-state index < -0.39 is 0 Å². The highest BCUT2D eigenvalue weighted by Crippen LogP contribution is 2.25. The summed E-state index contributed by atoms with van der Waals surface area (Å²) < 4.78 is 10.8. The van der Waals surface area contributed by atoms with Crippen LogP contribution < -0.4 is 10.5 Å². The van der Waals surface area contributed by atoms with Crippen LogP contribution in [0.25, 0.3) is 10.8 Å². The molecule has 0 saturated carbocycles. The van der Waals surface area contributed by atoms with Gasteiger partial charge in [0, 0.05) is 5.39 Å². The van der Waals surface area contributed by atoms with Gasteiger partial charge in [0.2, 0.25) is 11.7 Å². The first-order valence-corrected chi connectivity index (χ1v) is 6.42. The van der Waals surface area contributed by atoms with Gasteiger partial charge in [-0.2, -0.15) is 4.98 Å². The van der Waals surface area contributed by atoms with E-state index >= 15 is 0 Å². The van der Waals surface area contributed by atoms with E-state index in [1.54, 1.807) is 6.92 Å². The Morgan fingerprint density at radius 3 is 2.80 bits per heavy atom. The fraction of sp³-hybridized carbons (Fsp3) is 0.200. The molecule has 20 heavy (non-hydrogen) atoms. The maximum atomic E-state index is 5.77. The number of hydrogen-bond donors (Lipinski definition) is 1. The van der Waals surface area contributed by atoms with Gasteiger partial charge in [-0.3, -0.25) is 0 Å². The molecular weight excluding hydrogens is 254 g/mol. The van der Waals surface area contributed by atoms with Gasteiger partial charge in [0.25, 0.3) is 0 Å². The van der Waals surface area contributed by atoms with Gasteiger partial charge in [0.05, 0.1) is 6.04 Å². The van der Waals surface area contributed by atoms with Crippen LogP contribution in [0.3, 0.4) is 0 Å². The van der Waals surface area contributed by atoms with Crippen molar-refractivity contribution in [2.45, 2.75) is 19.6 Å². The average Bonchev–Trinajstić information content (AvgIpc) is 2.94. The Balaban J connectivity index is 1.79. The maximum Gasteiger partial charge on any atom is 0.243 e. The fourth-order valence-electron chi connectivity index (χ4n) is 1.97. The number of hydrogen-bond acceptors (Lipinski definition) is 5. The van der Waals surface area contributed by atoms with E-state index in [2.05, 4.69) is 10.1 Å². The van der Waals surface area contributed by atoms with Crippen molar-refractivity contribution in [1.82, 2.24) is 10.1 Å². The average molecular weight is 269 g/mol. The highest BCUT2D eigenvalue weighted by molar-refractivity contribution is 5.88. The monoisotopic (exact) mass is 269 g/mol. The van der Waals surface area contributed by atoms with Gasteiger partial charge in [0.1, 0.15) is 5.75 Å². The third-order valence-corrected chi connectivity index (χ3v) is 2.98. The Labute approximate surface area is 116 Å². The Hall–Kier alpha value is -2.40. The summed E-state index contributed by atoms with van der Waals surface area (Å²) in [5, 5.41) is 6.04. The summed E-state index contributed by atoms with van der Waals surface area (Å²) >= 11 is 0. The van der Waals surface area contributed by atoms with Crippen molar-refractivity contribution in [2.75, 3.05) is 0 Å². The lowest BCUT2D eigenvalue weighted by Gasteiger charge is -2.07. The molecule has 1 heterocycles. The molecule has 1 aromatic heterocycles. The van der Waals surface area contributed by atoms with Crippen LogP contribution in [-0.2, 0) is 6.61 Å². The van der Waals surface area contributed by atoms with Crippen LogP contribution in [-0.4, -0.2) is 10.1 Å². The maximum absolute atomic E-state index is 5.77. The van der Waals surface area contributed by atoms with Crippen LogP contribution in [0, 0.1) is 0 Å². The molecule has 0 bridgehead atoms.